The Morgan fingerprint density at radius 2 is 2.04 bits per heavy atom. The van der Waals surface area contributed by atoms with E-state index in [-0.39, 0.29) is 29.1 Å². The molecule has 0 atom stereocenters. The summed E-state index contributed by atoms with van der Waals surface area (Å²) in [6.07, 6.45) is 0. The minimum absolute atomic E-state index is 0.0643. The zero-order valence-electron chi connectivity index (χ0n) is 15.2. The zero-order chi connectivity index (χ0) is 20.3. The van der Waals surface area contributed by atoms with Crippen LogP contribution in [0.3, 0.4) is 0 Å². The Morgan fingerprint density at radius 1 is 1.29 bits per heavy atom. The number of aromatic nitrogens is 2. The third kappa shape index (κ3) is 4.24. The number of alkyl halides is 2. The smallest absolute Gasteiger partial charge is 0.321 e. The van der Waals surface area contributed by atoms with Crippen molar-refractivity contribution < 1.29 is 22.7 Å². The normalized spacial score (nSPS) is 11.2. The highest BCUT2D eigenvalue weighted by Gasteiger charge is 2.20. The van der Waals surface area contributed by atoms with Crippen LogP contribution in [0.5, 0.6) is 5.75 Å². The topological polar surface area (TPSA) is 47.4 Å². The fraction of sp³-hybridized carbons (Fsp3) is 0.263. The molecule has 0 fully saturated rings. The van der Waals surface area contributed by atoms with Gasteiger partial charge in [-0.05, 0) is 29.8 Å². The van der Waals surface area contributed by atoms with E-state index in [1.165, 1.54) is 24.1 Å². The fourth-order valence-electron chi connectivity index (χ4n) is 2.72. The van der Waals surface area contributed by atoms with Gasteiger partial charge in [0.1, 0.15) is 0 Å². The summed E-state index contributed by atoms with van der Waals surface area (Å²) in [6.45, 7) is -2.57. The molecule has 0 bridgehead atoms. The zero-order valence-corrected chi connectivity index (χ0v) is 16.0. The van der Waals surface area contributed by atoms with Gasteiger partial charge in [0.2, 0.25) is 5.91 Å². The van der Waals surface area contributed by atoms with Crippen LogP contribution in [-0.2, 0) is 11.3 Å². The van der Waals surface area contributed by atoms with Crippen LogP contribution in [0.2, 0.25) is 0 Å². The average molecular weight is 409 g/mol. The van der Waals surface area contributed by atoms with E-state index in [4.69, 9.17) is 4.74 Å². The molecule has 1 amide bonds. The van der Waals surface area contributed by atoms with Crippen molar-refractivity contribution in [2.75, 3.05) is 19.9 Å². The number of amides is 1. The number of hydrogen-bond donors (Lipinski definition) is 0. The molecule has 0 saturated carbocycles. The van der Waals surface area contributed by atoms with Gasteiger partial charge in [-0.1, -0.05) is 30.0 Å². The van der Waals surface area contributed by atoms with Crippen LogP contribution in [-0.4, -0.2) is 40.3 Å². The molecule has 0 radical (unpaired) electrons. The Bertz CT molecular complexity index is 994. The van der Waals surface area contributed by atoms with Crippen LogP contribution in [0.1, 0.15) is 12.1 Å². The molecule has 3 aromatic rings. The molecule has 9 heteroatoms. The fourth-order valence-corrected chi connectivity index (χ4v) is 3.67. The number of carbonyl (C=O) groups is 1. The predicted octanol–water partition coefficient (Wildman–Crippen LogP) is 4.33. The number of fused-ring (bicyclic) bond motifs is 1. The number of imidazole rings is 1. The molecule has 148 valence electrons. The van der Waals surface area contributed by atoms with E-state index in [2.05, 4.69) is 4.98 Å². The van der Waals surface area contributed by atoms with E-state index in [1.807, 2.05) is 0 Å². The molecule has 28 heavy (non-hydrogen) atoms. The maximum Gasteiger partial charge on any atom is 0.321 e. The molecule has 1 heterocycles. The maximum atomic E-state index is 13.8. The molecule has 0 aliphatic heterocycles. The van der Waals surface area contributed by atoms with Gasteiger partial charge in [0.15, 0.2) is 16.7 Å². The van der Waals surface area contributed by atoms with Crippen molar-refractivity contribution in [3.63, 3.8) is 0 Å². The van der Waals surface area contributed by atoms with E-state index in [0.717, 1.165) is 16.3 Å². The summed E-state index contributed by atoms with van der Waals surface area (Å²) in [5.74, 6) is -0.736. The number of rotatable bonds is 7. The lowest BCUT2D eigenvalue weighted by molar-refractivity contribution is -0.127. The van der Waals surface area contributed by atoms with E-state index >= 15 is 0 Å². The van der Waals surface area contributed by atoms with Gasteiger partial charge in [-0.3, -0.25) is 9.36 Å². The summed E-state index contributed by atoms with van der Waals surface area (Å²) in [5, 5.41) is 0.0773. The summed E-state index contributed by atoms with van der Waals surface area (Å²) in [5.41, 5.74) is 1.35. The SMILES string of the molecule is COc1ccc(CN(C)C(=O)CSc2nc3ccccc3n2C(F)F)cc1F. The lowest BCUT2D eigenvalue weighted by Crippen LogP contribution is -2.28. The molecule has 0 unspecified atom stereocenters. The molecule has 0 aliphatic rings. The van der Waals surface area contributed by atoms with Gasteiger partial charge in [-0.25, -0.2) is 9.37 Å². The van der Waals surface area contributed by atoms with E-state index in [9.17, 15) is 18.0 Å². The molecule has 0 saturated heterocycles. The van der Waals surface area contributed by atoms with Crippen LogP contribution < -0.4 is 4.74 Å². The first-order valence-corrected chi connectivity index (χ1v) is 9.33. The van der Waals surface area contributed by atoms with Crippen molar-refractivity contribution >= 4 is 28.7 Å². The number of benzene rings is 2. The van der Waals surface area contributed by atoms with Crippen molar-refractivity contribution in [2.45, 2.75) is 18.3 Å². The highest BCUT2D eigenvalue weighted by atomic mass is 32.2. The third-order valence-electron chi connectivity index (χ3n) is 4.15. The lowest BCUT2D eigenvalue weighted by atomic mass is 10.2. The van der Waals surface area contributed by atoms with Gasteiger partial charge in [-0.2, -0.15) is 8.78 Å². The van der Waals surface area contributed by atoms with Crippen LogP contribution >= 0.6 is 11.8 Å². The highest BCUT2D eigenvalue weighted by Crippen LogP contribution is 2.29. The first-order valence-electron chi connectivity index (χ1n) is 8.35. The first kappa shape index (κ1) is 20.1. The summed E-state index contributed by atoms with van der Waals surface area (Å²) < 4.78 is 46.3. The summed E-state index contributed by atoms with van der Waals surface area (Å²) in [6, 6.07) is 11.0. The van der Waals surface area contributed by atoms with E-state index < -0.39 is 12.4 Å². The molecule has 2 aromatic carbocycles. The minimum Gasteiger partial charge on any atom is -0.494 e. The van der Waals surface area contributed by atoms with Gasteiger partial charge in [0.25, 0.3) is 0 Å². The Morgan fingerprint density at radius 3 is 2.71 bits per heavy atom. The highest BCUT2D eigenvalue weighted by molar-refractivity contribution is 7.99. The number of ether oxygens (including phenoxy) is 1. The molecule has 0 N–H and O–H groups in total. The number of nitrogens with zero attached hydrogens (tertiary/aromatic N) is 3. The molecule has 0 spiro atoms. The van der Waals surface area contributed by atoms with E-state index in [1.54, 1.807) is 37.4 Å². The van der Waals surface area contributed by atoms with Gasteiger partial charge in [-0.15, -0.1) is 0 Å². The number of thioether (sulfide) groups is 1. The number of para-hydroxylation sites is 2. The second-order valence-corrected chi connectivity index (χ2v) is 6.98. The van der Waals surface area contributed by atoms with Crippen molar-refractivity contribution in [1.82, 2.24) is 14.5 Å². The number of carbonyl (C=O) groups excluding carboxylic acids is 1. The largest absolute Gasteiger partial charge is 0.494 e. The Kier molecular flexibility index (Phi) is 6.13. The predicted molar refractivity (Wildman–Crippen MR) is 101 cm³/mol. The quantitative estimate of drug-likeness (QED) is 0.545. The van der Waals surface area contributed by atoms with E-state index in [0.29, 0.717) is 16.6 Å². The standard InChI is InChI=1S/C19H18F3N3O2S/c1-24(10-12-7-8-16(27-2)13(20)9-12)17(26)11-28-19-23-14-5-3-4-6-15(14)25(19)18(21)22/h3-9,18H,10-11H2,1-2H3. The number of halogens is 3. The second kappa shape index (κ2) is 8.55. The lowest BCUT2D eigenvalue weighted by Gasteiger charge is -2.17. The molecule has 5 nitrogen and oxygen atoms in total. The van der Waals surface area contributed by atoms with Crippen LogP contribution in [0.25, 0.3) is 11.0 Å². The molecular formula is C19H18F3N3O2S. The molecular weight excluding hydrogens is 391 g/mol. The summed E-state index contributed by atoms with van der Waals surface area (Å²) >= 11 is 0.944. The van der Waals surface area contributed by atoms with Crippen molar-refractivity contribution in [1.29, 1.82) is 0 Å². The Balaban J connectivity index is 1.67. The van der Waals surface area contributed by atoms with Crippen molar-refractivity contribution in [3.05, 3.63) is 53.8 Å². The van der Waals surface area contributed by atoms with Gasteiger partial charge >= 0.3 is 6.55 Å². The molecule has 0 aliphatic carbocycles. The first-order chi connectivity index (χ1) is 13.4. The molecule has 3 rings (SSSR count). The summed E-state index contributed by atoms with van der Waals surface area (Å²) in [4.78, 5) is 18.0. The van der Waals surface area contributed by atoms with Gasteiger partial charge < -0.3 is 9.64 Å². The van der Waals surface area contributed by atoms with Gasteiger partial charge in [0, 0.05) is 13.6 Å². The third-order valence-corrected chi connectivity index (χ3v) is 5.08. The Labute approximate surface area is 164 Å². The van der Waals surface area contributed by atoms with Crippen molar-refractivity contribution in [2.24, 2.45) is 0 Å². The maximum absolute atomic E-state index is 13.8. The van der Waals surface area contributed by atoms with Crippen LogP contribution in [0, 0.1) is 5.82 Å². The monoisotopic (exact) mass is 409 g/mol. The summed E-state index contributed by atoms with van der Waals surface area (Å²) in [7, 11) is 2.94. The number of hydrogen-bond acceptors (Lipinski definition) is 4. The molecule has 1 aromatic heterocycles. The second-order valence-electron chi connectivity index (χ2n) is 6.04. The van der Waals surface area contributed by atoms with Crippen LogP contribution in [0.4, 0.5) is 13.2 Å². The van der Waals surface area contributed by atoms with Crippen molar-refractivity contribution in [3.8, 4) is 5.75 Å². The van der Waals surface area contributed by atoms with Crippen LogP contribution in [0.15, 0.2) is 47.6 Å². The number of methoxy groups -OCH3 is 1. The minimum atomic E-state index is -2.76. The Hall–Kier alpha value is -2.68. The average Bonchev–Trinajstić information content (AvgIpc) is 3.04. The van der Waals surface area contributed by atoms with Gasteiger partial charge in [0.05, 0.1) is 23.9 Å².